The number of nitrogens with zero attached hydrogens (tertiary/aromatic N) is 2. The van der Waals surface area contributed by atoms with Gasteiger partial charge in [-0.15, -0.1) is 0 Å². The molecule has 2 unspecified atom stereocenters. The molecule has 216 valence electrons. The Morgan fingerprint density at radius 3 is 2.27 bits per heavy atom. The van der Waals surface area contributed by atoms with Crippen LogP contribution < -0.4 is 0 Å². The van der Waals surface area contributed by atoms with E-state index in [1.807, 2.05) is 12.1 Å². The molecule has 5 nitrogen and oxygen atoms in total. The van der Waals surface area contributed by atoms with Crippen LogP contribution >= 0.6 is 0 Å². The van der Waals surface area contributed by atoms with E-state index in [9.17, 15) is 5.11 Å². The minimum Gasteiger partial charge on any atom is -0.508 e. The molecule has 0 spiro atoms. The van der Waals surface area contributed by atoms with Gasteiger partial charge in [0.2, 0.25) is 0 Å². The summed E-state index contributed by atoms with van der Waals surface area (Å²) < 4.78 is 11.6. The monoisotopic (exact) mass is 544 g/mol. The van der Waals surface area contributed by atoms with Crippen LogP contribution in [0.2, 0.25) is 0 Å². The minimum absolute atomic E-state index is 0.227. The molecule has 5 heteroatoms. The van der Waals surface area contributed by atoms with Crippen molar-refractivity contribution in [3.8, 4) is 5.75 Å². The lowest BCUT2D eigenvalue weighted by molar-refractivity contribution is 0.132. The third kappa shape index (κ3) is 6.92. The van der Waals surface area contributed by atoms with Crippen LogP contribution in [0.3, 0.4) is 0 Å². The third-order valence-corrected chi connectivity index (χ3v) is 9.40. The highest BCUT2D eigenvalue weighted by Gasteiger charge is 2.37. The van der Waals surface area contributed by atoms with E-state index in [0.29, 0.717) is 17.6 Å². The Labute approximate surface area is 241 Å². The quantitative estimate of drug-likeness (QED) is 0.370. The lowest BCUT2D eigenvalue weighted by Crippen LogP contribution is -2.44. The van der Waals surface area contributed by atoms with E-state index >= 15 is 0 Å². The Kier molecular flexibility index (Phi) is 9.88. The van der Waals surface area contributed by atoms with Gasteiger partial charge in [-0.3, -0.25) is 4.90 Å². The predicted molar refractivity (Wildman–Crippen MR) is 162 cm³/mol. The first-order valence-corrected chi connectivity index (χ1v) is 15.4. The molecule has 0 amide bonds. The molecule has 3 aliphatic rings. The van der Waals surface area contributed by atoms with Crippen molar-refractivity contribution in [2.24, 2.45) is 11.8 Å². The molecule has 1 saturated heterocycles. The maximum Gasteiger partial charge on any atom is 0.158 e. The van der Waals surface area contributed by atoms with Gasteiger partial charge in [-0.2, -0.15) is 0 Å². The molecule has 2 aromatic carbocycles. The summed E-state index contributed by atoms with van der Waals surface area (Å²) in [6.07, 6.45) is 14.3. The fraction of sp³-hybridized carbons (Fsp3) is 0.543. The molecule has 1 N–H and O–H groups in total. The van der Waals surface area contributed by atoms with E-state index in [-0.39, 0.29) is 6.04 Å². The van der Waals surface area contributed by atoms with Crippen molar-refractivity contribution in [1.29, 1.82) is 0 Å². The Morgan fingerprint density at radius 2 is 1.57 bits per heavy atom. The second-order valence-electron chi connectivity index (χ2n) is 11.9. The third-order valence-electron chi connectivity index (χ3n) is 9.40. The number of phenolic OH excluding ortho intramolecular Hbond substituents is 1. The van der Waals surface area contributed by atoms with Crippen molar-refractivity contribution >= 4 is 0 Å². The molecular weight excluding hydrogens is 496 g/mol. The highest BCUT2D eigenvalue weighted by Crippen LogP contribution is 2.39. The molecule has 0 bridgehead atoms. The fourth-order valence-corrected chi connectivity index (χ4v) is 7.02. The van der Waals surface area contributed by atoms with Crippen LogP contribution in [-0.2, 0) is 35.3 Å². The zero-order valence-electron chi connectivity index (χ0n) is 24.8. The van der Waals surface area contributed by atoms with Crippen LogP contribution in [0, 0.1) is 11.8 Å². The first kappa shape index (κ1) is 28.8. The molecule has 1 aliphatic heterocycles. The van der Waals surface area contributed by atoms with Gasteiger partial charge in [0.15, 0.2) is 11.5 Å². The van der Waals surface area contributed by atoms with Gasteiger partial charge in [0.25, 0.3) is 0 Å². The van der Waals surface area contributed by atoms with Crippen LogP contribution in [0.15, 0.2) is 66.1 Å². The van der Waals surface area contributed by atoms with Gasteiger partial charge in [-0.1, -0.05) is 50.1 Å². The predicted octanol–water partition coefficient (Wildman–Crippen LogP) is 6.50. The molecule has 5 rings (SSSR count). The van der Waals surface area contributed by atoms with Crippen LogP contribution in [-0.4, -0.2) is 61.3 Å². The van der Waals surface area contributed by atoms with Crippen LogP contribution in [0.4, 0.5) is 0 Å². The van der Waals surface area contributed by atoms with Gasteiger partial charge in [-0.25, -0.2) is 0 Å². The van der Waals surface area contributed by atoms with Crippen LogP contribution in [0.5, 0.6) is 5.75 Å². The number of fused-ring (bicyclic) bond motifs is 1. The van der Waals surface area contributed by atoms with Crippen molar-refractivity contribution in [3.63, 3.8) is 0 Å². The van der Waals surface area contributed by atoms with E-state index in [2.05, 4.69) is 59.2 Å². The maximum absolute atomic E-state index is 9.97. The van der Waals surface area contributed by atoms with Crippen molar-refractivity contribution in [2.45, 2.75) is 70.9 Å². The van der Waals surface area contributed by atoms with Gasteiger partial charge < -0.3 is 19.5 Å². The molecule has 2 aromatic rings. The number of benzene rings is 2. The summed E-state index contributed by atoms with van der Waals surface area (Å²) in [5.74, 6) is 2.85. The average molecular weight is 545 g/mol. The lowest BCUT2D eigenvalue weighted by atomic mass is 9.72. The van der Waals surface area contributed by atoms with Crippen molar-refractivity contribution in [3.05, 3.63) is 88.4 Å². The summed E-state index contributed by atoms with van der Waals surface area (Å²) >= 11 is 0. The SMILES string of the molecule is CCN(Cc1ccc(CCN2CCCCCC2)cc1)C1C=C(OC)C(OC)=CC1[C@@H]1CCc2cc(O)ccc2C1. The second-order valence-corrected chi connectivity index (χ2v) is 11.9. The van der Waals surface area contributed by atoms with Gasteiger partial charge >= 0.3 is 0 Å². The normalized spacial score (nSPS) is 23.6. The Morgan fingerprint density at radius 1 is 0.875 bits per heavy atom. The minimum atomic E-state index is 0.227. The van der Waals surface area contributed by atoms with E-state index < -0.39 is 0 Å². The number of ether oxygens (including phenoxy) is 2. The number of rotatable bonds is 10. The first-order valence-electron chi connectivity index (χ1n) is 15.4. The number of likely N-dealkylation sites (tertiary alicyclic amines) is 1. The Hall–Kier alpha value is -2.76. The van der Waals surface area contributed by atoms with Gasteiger partial charge in [0, 0.05) is 25.0 Å². The summed E-state index contributed by atoms with van der Waals surface area (Å²) in [5, 5.41) is 9.97. The number of hydrogen-bond donors (Lipinski definition) is 1. The molecule has 0 saturated carbocycles. The van der Waals surface area contributed by atoms with E-state index in [4.69, 9.17) is 9.47 Å². The highest BCUT2D eigenvalue weighted by atomic mass is 16.5. The van der Waals surface area contributed by atoms with Gasteiger partial charge in [0.05, 0.1) is 14.2 Å². The number of aryl methyl sites for hydroxylation is 1. The maximum atomic E-state index is 9.97. The molecule has 3 atom stereocenters. The molecular formula is C35H48N2O3. The number of aromatic hydroxyl groups is 1. The summed E-state index contributed by atoms with van der Waals surface area (Å²) in [4.78, 5) is 5.24. The van der Waals surface area contributed by atoms with Crippen LogP contribution in [0.1, 0.15) is 61.3 Å². The smallest absolute Gasteiger partial charge is 0.158 e. The van der Waals surface area contributed by atoms with Crippen molar-refractivity contribution in [2.75, 3.05) is 40.4 Å². The number of methoxy groups -OCH3 is 2. The molecule has 40 heavy (non-hydrogen) atoms. The van der Waals surface area contributed by atoms with E-state index in [0.717, 1.165) is 50.3 Å². The van der Waals surface area contributed by atoms with Gasteiger partial charge in [-0.05, 0) is 111 Å². The first-order chi connectivity index (χ1) is 19.6. The average Bonchev–Trinajstić information content (AvgIpc) is 3.27. The number of hydrogen-bond acceptors (Lipinski definition) is 5. The van der Waals surface area contributed by atoms with E-state index in [1.54, 1.807) is 14.2 Å². The Bertz CT molecular complexity index is 1160. The summed E-state index contributed by atoms with van der Waals surface area (Å²) in [5.41, 5.74) is 5.45. The molecule has 0 aromatic heterocycles. The van der Waals surface area contributed by atoms with E-state index in [1.165, 1.54) is 67.6 Å². The highest BCUT2D eigenvalue weighted by molar-refractivity contribution is 5.38. The molecule has 1 fully saturated rings. The van der Waals surface area contributed by atoms with Crippen molar-refractivity contribution in [1.82, 2.24) is 9.80 Å². The zero-order valence-corrected chi connectivity index (χ0v) is 24.8. The second kappa shape index (κ2) is 13.7. The molecule has 0 radical (unpaired) electrons. The zero-order chi connectivity index (χ0) is 27.9. The molecule has 1 heterocycles. The topological polar surface area (TPSA) is 45.2 Å². The molecule has 2 aliphatic carbocycles. The summed E-state index contributed by atoms with van der Waals surface area (Å²) in [7, 11) is 3.47. The largest absolute Gasteiger partial charge is 0.508 e. The number of likely N-dealkylation sites (N-methyl/N-ethyl adjacent to an activating group) is 1. The lowest BCUT2D eigenvalue weighted by Gasteiger charge is -2.41. The van der Waals surface area contributed by atoms with Crippen molar-refractivity contribution < 1.29 is 14.6 Å². The summed E-state index contributed by atoms with van der Waals surface area (Å²) in [6.45, 7) is 7.83. The summed E-state index contributed by atoms with van der Waals surface area (Å²) in [6, 6.07) is 15.5. The number of phenols is 1. The fourth-order valence-electron chi connectivity index (χ4n) is 7.02. The van der Waals surface area contributed by atoms with Crippen LogP contribution in [0.25, 0.3) is 0 Å². The Balaban J connectivity index is 1.29. The van der Waals surface area contributed by atoms with Gasteiger partial charge in [0.1, 0.15) is 5.75 Å². The standard InChI is InChI=1S/C35H48N2O3/c1-4-37(25-27-11-9-26(10-12-27)17-20-36-18-7-5-6-8-19-36)33-24-35(40-3)34(39-2)23-32(33)30-14-13-29-22-31(38)16-15-28(29)21-30/h9-12,15-16,22-24,30,32-33,38H,4-8,13-14,17-21,25H2,1-3H3/t30-,32?,33?/m1/s1.